The summed E-state index contributed by atoms with van der Waals surface area (Å²) in [5.41, 5.74) is 7.78. The minimum atomic E-state index is -0.0698. The largest absolute Gasteiger partial charge is 0.320 e. The van der Waals surface area contributed by atoms with Crippen LogP contribution in [0, 0.1) is 0 Å². The van der Waals surface area contributed by atoms with E-state index < -0.39 is 0 Å². The molecule has 4 aromatic carbocycles. The number of rotatable bonds is 2. The fraction of sp³-hybridized carbons (Fsp3) is 0.0476. The molecule has 0 bridgehead atoms. The van der Waals surface area contributed by atoms with Gasteiger partial charge in [0.05, 0.1) is 6.04 Å². The number of hydrogen-bond donors (Lipinski definition) is 1. The molecule has 0 saturated carbocycles. The molecule has 0 aliphatic rings. The Hall–Kier alpha value is -2.13. The molecule has 5 rings (SSSR count). The molecule has 118 valence electrons. The van der Waals surface area contributed by atoms with Gasteiger partial charge in [0.1, 0.15) is 0 Å². The summed E-state index contributed by atoms with van der Waals surface area (Å²) in [5, 5.41) is 9.92. The molecule has 2 N–H and O–H groups in total. The van der Waals surface area contributed by atoms with E-state index in [1.165, 1.54) is 42.8 Å². The van der Waals surface area contributed by atoms with Crippen molar-refractivity contribution in [3.05, 3.63) is 82.6 Å². The van der Waals surface area contributed by atoms with Gasteiger partial charge in [-0.1, -0.05) is 60.7 Å². The molecule has 0 amide bonds. The summed E-state index contributed by atoms with van der Waals surface area (Å²) in [4.78, 5) is 1.21. The third-order valence-electron chi connectivity index (χ3n) is 4.75. The van der Waals surface area contributed by atoms with E-state index in [0.717, 1.165) is 0 Å². The van der Waals surface area contributed by atoms with E-state index in [4.69, 9.17) is 5.73 Å². The Kier molecular flexibility index (Phi) is 3.69. The zero-order valence-corrected chi connectivity index (χ0v) is 14.5. The maximum Gasteiger partial charge on any atom is 0.0652 e. The van der Waals surface area contributed by atoms with E-state index in [-0.39, 0.29) is 18.4 Å². The van der Waals surface area contributed by atoms with Gasteiger partial charge in [-0.3, -0.25) is 0 Å². The van der Waals surface area contributed by atoms with Gasteiger partial charge in [0.15, 0.2) is 0 Å². The standard InChI is InChI=1S/C21H15NS.ClH/c22-21(18-5-2-12-23-18)17-11-9-15-7-6-13-3-1-4-14-8-10-16(17)20(15)19(13)14;/h1-12,21H,22H2;1H/t21-;/m1./s1. The predicted molar refractivity (Wildman–Crippen MR) is 108 cm³/mol. The Labute approximate surface area is 150 Å². The molecule has 1 heterocycles. The maximum absolute atomic E-state index is 6.57. The first-order valence-electron chi connectivity index (χ1n) is 7.78. The van der Waals surface area contributed by atoms with Crippen molar-refractivity contribution < 1.29 is 0 Å². The SMILES string of the molecule is Cl.N[C@@H](c1cccs1)c1ccc2ccc3cccc4ccc1c2c34. The average Bonchev–Trinajstić information content (AvgIpc) is 3.13. The van der Waals surface area contributed by atoms with Crippen molar-refractivity contribution in [1.82, 2.24) is 0 Å². The van der Waals surface area contributed by atoms with Crippen molar-refractivity contribution in [1.29, 1.82) is 0 Å². The maximum atomic E-state index is 6.57. The molecule has 0 spiro atoms. The highest BCUT2D eigenvalue weighted by atomic mass is 35.5. The fourth-order valence-corrected chi connectivity index (χ4v) is 4.40. The molecule has 24 heavy (non-hydrogen) atoms. The Morgan fingerprint density at radius 1 is 0.708 bits per heavy atom. The number of benzene rings is 4. The Bertz CT molecular complexity index is 1120. The highest BCUT2D eigenvalue weighted by Crippen LogP contribution is 2.38. The van der Waals surface area contributed by atoms with E-state index in [1.54, 1.807) is 11.3 Å². The van der Waals surface area contributed by atoms with Crippen LogP contribution in [-0.4, -0.2) is 0 Å². The normalized spacial score (nSPS) is 12.7. The second-order valence-corrected chi connectivity index (χ2v) is 6.98. The monoisotopic (exact) mass is 349 g/mol. The quantitative estimate of drug-likeness (QED) is 0.382. The molecule has 1 nitrogen and oxygen atoms in total. The van der Waals surface area contributed by atoms with E-state index in [0.29, 0.717) is 0 Å². The summed E-state index contributed by atoms with van der Waals surface area (Å²) < 4.78 is 0. The number of hydrogen-bond acceptors (Lipinski definition) is 2. The minimum absolute atomic E-state index is 0. The van der Waals surface area contributed by atoms with E-state index in [1.807, 2.05) is 0 Å². The van der Waals surface area contributed by atoms with Crippen LogP contribution in [0.25, 0.3) is 32.3 Å². The molecule has 1 atom stereocenters. The van der Waals surface area contributed by atoms with Crippen LogP contribution in [0.15, 0.2) is 72.1 Å². The van der Waals surface area contributed by atoms with Crippen LogP contribution >= 0.6 is 23.7 Å². The summed E-state index contributed by atoms with van der Waals surface area (Å²) in [6.07, 6.45) is 0. The predicted octanol–water partition coefficient (Wildman–Crippen LogP) is 6.12. The lowest BCUT2D eigenvalue weighted by molar-refractivity contribution is 0.904. The highest BCUT2D eigenvalue weighted by molar-refractivity contribution is 7.10. The van der Waals surface area contributed by atoms with Crippen LogP contribution in [0.5, 0.6) is 0 Å². The second-order valence-electron chi connectivity index (χ2n) is 6.00. The first-order valence-corrected chi connectivity index (χ1v) is 8.66. The van der Waals surface area contributed by atoms with Crippen molar-refractivity contribution in [3.8, 4) is 0 Å². The van der Waals surface area contributed by atoms with Gasteiger partial charge in [-0.2, -0.15) is 0 Å². The van der Waals surface area contributed by atoms with Gasteiger partial charge in [-0.25, -0.2) is 0 Å². The molecular weight excluding hydrogens is 334 g/mol. The molecule has 0 aliphatic heterocycles. The molecule has 0 radical (unpaired) electrons. The summed E-state index contributed by atoms with van der Waals surface area (Å²) in [6.45, 7) is 0. The third kappa shape index (κ3) is 2.11. The second kappa shape index (κ2) is 5.75. The minimum Gasteiger partial charge on any atom is -0.320 e. The fourth-order valence-electron chi connectivity index (χ4n) is 3.65. The molecule has 0 unspecified atom stereocenters. The highest BCUT2D eigenvalue weighted by Gasteiger charge is 2.16. The summed E-state index contributed by atoms with van der Waals surface area (Å²) >= 11 is 1.72. The van der Waals surface area contributed by atoms with E-state index >= 15 is 0 Å². The van der Waals surface area contributed by atoms with Gasteiger partial charge in [0.25, 0.3) is 0 Å². The van der Waals surface area contributed by atoms with Crippen molar-refractivity contribution in [2.24, 2.45) is 5.73 Å². The van der Waals surface area contributed by atoms with Gasteiger partial charge in [-0.15, -0.1) is 23.7 Å². The molecule has 0 saturated heterocycles. The van der Waals surface area contributed by atoms with Gasteiger partial charge in [0.2, 0.25) is 0 Å². The van der Waals surface area contributed by atoms with Gasteiger partial charge in [0, 0.05) is 4.88 Å². The summed E-state index contributed by atoms with van der Waals surface area (Å²) in [7, 11) is 0. The zero-order valence-electron chi connectivity index (χ0n) is 12.9. The number of nitrogens with two attached hydrogens (primary N) is 1. The topological polar surface area (TPSA) is 26.0 Å². The lowest BCUT2D eigenvalue weighted by Gasteiger charge is -2.17. The molecule has 1 aromatic heterocycles. The van der Waals surface area contributed by atoms with E-state index in [2.05, 4.69) is 72.1 Å². The Morgan fingerprint density at radius 2 is 1.38 bits per heavy atom. The van der Waals surface area contributed by atoms with Crippen molar-refractivity contribution in [3.63, 3.8) is 0 Å². The van der Waals surface area contributed by atoms with Crippen LogP contribution < -0.4 is 5.73 Å². The van der Waals surface area contributed by atoms with Crippen molar-refractivity contribution in [2.75, 3.05) is 0 Å². The third-order valence-corrected chi connectivity index (χ3v) is 5.70. The van der Waals surface area contributed by atoms with Crippen LogP contribution in [-0.2, 0) is 0 Å². The number of halogens is 1. The molecule has 0 fully saturated rings. The van der Waals surface area contributed by atoms with Gasteiger partial charge in [-0.05, 0) is 49.3 Å². The van der Waals surface area contributed by atoms with Crippen LogP contribution in [0.1, 0.15) is 16.5 Å². The lowest BCUT2D eigenvalue weighted by Crippen LogP contribution is -2.10. The van der Waals surface area contributed by atoms with Crippen molar-refractivity contribution >= 4 is 56.1 Å². The molecule has 3 heteroatoms. The molecular formula is C21H16ClNS. The molecule has 0 aliphatic carbocycles. The van der Waals surface area contributed by atoms with Crippen LogP contribution in [0.2, 0.25) is 0 Å². The zero-order chi connectivity index (χ0) is 15.4. The first-order chi connectivity index (χ1) is 11.3. The Balaban J connectivity index is 0.00000146. The Morgan fingerprint density at radius 3 is 2.08 bits per heavy atom. The number of thiophene rings is 1. The smallest absolute Gasteiger partial charge is 0.0652 e. The average molecular weight is 350 g/mol. The van der Waals surface area contributed by atoms with Crippen molar-refractivity contribution in [2.45, 2.75) is 6.04 Å². The van der Waals surface area contributed by atoms with Gasteiger partial charge >= 0.3 is 0 Å². The lowest BCUT2D eigenvalue weighted by atomic mass is 9.90. The van der Waals surface area contributed by atoms with Crippen LogP contribution in [0.3, 0.4) is 0 Å². The summed E-state index contributed by atoms with van der Waals surface area (Å²) in [6, 6.07) is 23.9. The first kappa shape index (κ1) is 15.4. The molecule has 5 aromatic rings. The summed E-state index contributed by atoms with van der Waals surface area (Å²) in [5.74, 6) is 0. The van der Waals surface area contributed by atoms with E-state index in [9.17, 15) is 0 Å². The van der Waals surface area contributed by atoms with Crippen LogP contribution in [0.4, 0.5) is 0 Å². The van der Waals surface area contributed by atoms with Gasteiger partial charge < -0.3 is 5.73 Å².